The van der Waals surface area contributed by atoms with Crippen molar-refractivity contribution in [2.75, 3.05) is 25.6 Å². The summed E-state index contributed by atoms with van der Waals surface area (Å²) in [6.07, 6.45) is 2.12. The number of H-pyrrole nitrogens is 1. The zero-order valence-electron chi connectivity index (χ0n) is 18.7. The van der Waals surface area contributed by atoms with Crippen LogP contribution in [-0.4, -0.2) is 41.4 Å². The maximum Gasteiger partial charge on any atom is 0.253 e. The molecule has 2 heterocycles. The van der Waals surface area contributed by atoms with Gasteiger partial charge in [0.1, 0.15) is 5.75 Å². The van der Waals surface area contributed by atoms with E-state index in [9.17, 15) is 4.79 Å². The summed E-state index contributed by atoms with van der Waals surface area (Å²) < 4.78 is 11.3. The highest BCUT2D eigenvalue weighted by Gasteiger charge is 2.22. The highest BCUT2D eigenvalue weighted by molar-refractivity contribution is 7.80. The molecule has 168 valence electrons. The highest BCUT2D eigenvalue weighted by atomic mass is 32.1. The number of methoxy groups -OCH3 is 1. The Balaban J connectivity index is 1.64. The summed E-state index contributed by atoms with van der Waals surface area (Å²) in [6.45, 7) is 5.85. The number of nitrogens with one attached hydrogen (secondary N) is 2. The molecule has 0 amide bonds. The first-order valence-electron chi connectivity index (χ1n) is 10.9. The lowest BCUT2D eigenvalue weighted by Crippen LogP contribution is -2.40. The van der Waals surface area contributed by atoms with Gasteiger partial charge in [-0.15, -0.1) is 0 Å². The summed E-state index contributed by atoms with van der Waals surface area (Å²) in [5.41, 5.74) is 4.47. The number of pyridine rings is 1. The molecule has 1 aliphatic heterocycles. The smallest absolute Gasteiger partial charge is 0.253 e. The van der Waals surface area contributed by atoms with Crippen LogP contribution in [0, 0.1) is 13.8 Å². The summed E-state index contributed by atoms with van der Waals surface area (Å²) in [6, 6.07) is 13.8. The lowest BCUT2D eigenvalue weighted by atomic mass is 10.1. The molecule has 0 aliphatic carbocycles. The molecule has 0 spiro atoms. The minimum Gasteiger partial charge on any atom is -0.495 e. The molecule has 6 nitrogen and oxygen atoms in total. The number of aromatic nitrogens is 1. The summed E-state index contributed by atoms with van der Waals surface area (Å²) >= 11 is 5.77. The molecule has 0 unspecified atom stereocenters. The van der Waals surface area contributed by atoms with E-state index in [0.717, 1.165) is 47.2 Å². The fraction of sp³-hybridized carbons (Fsp3) is 0.360. The number of ether oxygens (including phenoxy) is 2. The van der Waals surface area contributed by atoms with Crippen molar-refractivity contribution >= 4 is 33.9 Å². The van der Waals surface area contributed by atoms with Gasteiger partial charge in [0, 0.05) is 18.7 Å². The van der Waals surface area contributed by atoms with Crippen molar-refractivity contribution in [3.8, 4) is 5.75 Å². The molecule has 1 fully saturated rings. The Bertz CT molecular complexity index is 1180. The van der Waals surface area contributed by atoms with Crippen LogP contribution >= 0.6 is 12.2 Å². The van der Waals surface area contributed by atoms with E-state index in [1.165, 1.54) is 0 Å². The number of nitrogens with zero attached hydrogens (tertiary/aromatic N) is 1. The van der Waals surface area contributed by atoms with Crippen LogP contribution in [0.5, 0.6) is 5.75 Å². The van der Waals surface area contributed by atoms with Crippen LogP contribution in [0.1, 0.15) is 29.5 Å². The van der Waals surface area contributed by atoms with Crippen LogP contribution in [0.25, 0.3) is 10.9 Å². The van der Waals surface area contributed by atoms with E-state index < -0.39 is 0 Å². The number of fused-ring (bicyclic) bond motifs is 1. The van der Waals surface area contributed by atoms with Gasteiger partial charge in [-0.05, 0) is 74.1 Å². The number of para-hydroxylation sites is 2. The van der Waals surface area contributed by atoms with Crippen LogP contribution in [0.15, 0.2) is 47.3 Å². The number of hydrogen-bond acceptors (Lipinski definition) is 4. The molecule has 1 atom stereocenters. The average Bonchev–Trinajstić information content (AvgIpc) is 3.28. The van der Waals surface area contributed by atoms with Crippen molar-refractivity contribution in [2.24, 2.45) is 0 Å². The Labute approximate surface area is 193 Å². The molecule has 7 heteroatoms. The van der Waals surface area contributed by atoms with Crippen LogP contribution in [-0.2, 0) is 11.3 Å². The maximum atomic E-state index is 12.9. The summed E-state index contributed by atoms with van der Waals surface area (Å²) in [4.78, 5) is 18.0. The average molecular weight is 452 g/mol. The predicted molar refractivity (Wildman–Crippen MR) is 133 cm³/mol. The van der Waals surface area contributed by atoms with E-state index in [-0.39, 0.29) is 11.7 Å². The summed E-state index contributed by atoms with van der Waals surface area (Å²) in [5, 5.41) is 4.85. The SMILES string of the molecule is COc1ccccc1NC(=S)N(Cc1cc2cc(C)cc(C)c2[nH]c1=O)C[C@@H]1CCCO1. The van der Waals surface area contributed by atoms with Crippen LogP contribution in [0.4, 0.5) is 5.69 Å². The van der Waals surface area contributed by atoms with Gasteiger partial charge in [-0.3, -0.25) is 4.79 Å². The molecule has 0 bridgehead atoms. The minimum absolute atomic E-state index is 0.0939. The molecule has 0 radical (unpaired) electrons. The van der Waals surface area contributed by atoms with Crippen LogP contribution < -0.4 is 15.6 Å². The lowest BCUT2D eigenvalue weighted by molar-refractivity contribution is 0.0904. The second-order valence-corrected chi connectivity index (χ2v) is 8.70. The van der Waals surface area contributed by atoms with Crippen molar-refractivity contribution in [3.05, 3.63) is 69.5 Å². The van der Waals surface area contributed by atoms with Crippen molar-refractivity contribution < 1.29 is 9.47 Å². The Hall–Kier alpha value is -2.90. The third kappa shape index (κ3) is 4.95. The molecular formula is C25H29N3O3S. The van der Waals surface area contributed by atoms with E-state index in [4.69, 9.17) is 21.7 Å². The fourth-order valence-corrected chi connectivity index (χ4v) is 4.50. The summed E-state index contributed by atoms with van der Waals surface area (Å²) in [5.74, 6) is 0.710. The van der Waals surface area contributed by atoms with E-state index in [0.29, 0.717) is 29.5 Å². The molecule has 1 aliphatic rings. The van der Waals surface area contributed by atoms with Gasteiger partial charge in [0.15, 0.2) is 5.11 Å². The number of benzene rings is 2. The number of anilines is 1. The molecule has 32 heavy (non-hydrogen) atoms. The Morgan fingerprint density at radius 3 is 2.84 bits per heavy atom. The quantitative estimate of drug-likeness (QED) is 0.537. The molecule has 2 aromatic carbocycles. The normalized spacial score (nSPS) is 15.7. The monoisotopic (exact) mass is 451 g/mol. The van der Waals surface area contributed by atoms with Gasteiger partial charge < -0.3 is 24.7 Å². The lowest BCUT2D eigenvalue weighted by Gasteiger charge is -2.28. The molecule has 0 saturated carbocycles. The molecule has 4 rings (SSSR count). The zero-order chi connectivity index (χ0) is 22.7. The Kier molecular flexibility index (Phi) is 6.77. The van der Waals surface area contributed by atoms with E-state index in [2.05, 4.69) is 29.4 Å². The van der Waals surface area contributed by atoms with Gasteiger partial charge in [0.2, 0.25) is 0 Å². The highest BCUT2D eigenvalue weighted by Crippen LogP contribution is 2.25. The van der Waals surface area contributed by atoms with Crippen molar-refractivity contribution in [3.63, 3.8) is 0 Å². The minimum atomic E-state index is -0.0955. The van der Waals surface area contributed by atoms with Crippen molar-refractivity contribution in [1.82, 2.24) is 9.88 Å². The van der Waals surface area contributed by atoms with Gasteiger partial charge in [0.05, 0.1) is 31.0 Å². The van der Waals surface area contributed by atoms with E-state index in [1.807, 2.05) is 42.2 Å². The molecular weight excluding hydrogens is 422 g/mol. The maximum absolute atomic E-state index is 12.9. The summed E-state index contributed by atoms with van der Waals surface area (Å²) in [7, 11) is 1.63. The third-order valence-electron chi connectivity index (χ3n) is 5.82. The van der Waals surface area contributed by atoms with Gasteiger partial charge in [-0.1, -0.05) is 23.8 Å². The number of hydrogen-bond donors (Lipinski definition) is 2. The first-order chi connectivity index (χ1) is 15.4. The molecule has 2 N–H and O–H groups in total. The topological polar surface area (TPSA) is 66.6 Å². The largest absolute Gasteiger partial charge is 0.495 e. The Morgan fingerprint density at radius 1 is 1.28 bits per heavy atom. The second-order valence-electron chi connectivity index (χ2n) is 8.32. The fourth-order valence-electron chi connectivity index (χ4n) is 4.25. The van der Waals surface area contributed by atoms with Crippen LogP contribution in [0.3, 0.4) is 0 Å². The molecule has 1 aromatic heterocycles. The van der Waals surface area contributed by atoms with Gasteiger partial charge in [0.25, 0.3) is 5.56 Å². The van der Waals surface area contributed by atoms with E-state index >= 15 is 0 Å². The van der Waals surface area contributed by atoms with Crippen molar-refractivity contribution in [2.45, 2.75) is 39.3 Å². The first-order valence-corrected chi connectivity index (χ1v) is 11.3. The zero-order valence-corrected chi connectivity index (χ0v) is 19.6. The van der Waals surface area contributed by atoms with Gasteiger partial charge in [-0.25, -0.2) is 0 Å². The predicted octanol–water partition coefficient (Wildman–Crippen LogP) is 4.53. The number of aromatic amines is 1. The number of thiocarbonyl (C=S) groups is 1. The number of aryl methyl sites for hydroxylation is 2. The van der Waals surface area contributed by atoms with Gasteiger partial charge >= 0.3 is 0 Å². The third-order valence-corrected chi connectivity index (χ3v) is 6.18. The van der Waals surface area contributed by atoms with E-state index in [1.54, 1.807) is 7.11 Å². The Morgan fingerprint density at radius 2 is 2.09 bits per heavy atom. The van der Waals surface area contributed by atoms with Crippen molar-refractivity contribution in [1.29, 1.82) is 0 Å². The number of rotatable bonds is 6. The van der Waals surface area contributed by atoms with Crippen LogP contribution in [0.2, 0.25) is 0 Å². The second kappa shape index (κ2) is 9.71. The molecule has 1 saturated heterocycles. The standard InChI is InChI=1S/C25H29N3O3S/c1-16-11-17(2)23-18(12-16)13-19(24(29)27-23)14-28(15-20-7-6-10-31-20)25(32)26-21-8-4-5-9-22(21)30-3/h4-5,8-9,11-13,20H,6-7,10,14-15H2,1-3H3,(H,26,32)(H,27,29)/t20-/m0/s1. The van der Waals surface area contributed by atoms with Gasteiger partial charge in [-0.2, -0.15) is 0 Å². The molecule has 3 aromatic rings. The first kappa shape index (κ1) is 22.3.